The molecule has 0 aliphatic carbocycles. The number of hydrogen-bond donors (Lipinski definition) is 0. The molecule has 0 radical (unpaired) electrons. The minimum atomic E-state index is 0.263. The number of aromatic nitrogens is 2. The fraction of sp³-hybridized carbons (Fsp3) is 0.471. The van der Waals surface area contributed by atoms with Gasteiger partial charge in [-0.3, -0.25) is 0 Å². The molecule has 1 aliphatic rings. The Morgan fingerprint density at radius 3 is 2.48 bits per heavy atom. The van der Waals surface area contributed by atoms with Crippen LogP contribution in [-0.2, 0) is 4.74 Å². The summed E-state index contributed by atoms with van der Waals surface area (Å²) in [7, 11) is 0. The summed E-state index contributed by atoms with van der Waals surface area (Å²) in [6, 6.07) is 10.2. The molecule has 1 aromatic heterocycles. The van der Waals surface area contributed by atoms with Gasteiger partial charge in [0.25, 0.3) is 0 Å². The van der Waals surface area contributed by atoms with Gasteiger partial charge >= 0.3 is 0 Å². The largest absolute Gasteiger partial charge is 0.375 e. The molecule has 0 saturated carbocycles. The molecule has 5 atom stereocenters. The van der Waals surface area contributed by atoms with Gasteiger partial charge in [-0.1, -0.05) is 41.1 Å². The SMILES string of the molecule is CC1OC(C)C(C(Br)c2cnn(-c3ccccc3)c2)C1C. The Balaban J connectivity index is 1.83. The molecule has 112 valence electrons. The average Bonchev–Trinajstić information content (AvgIpc) is 3.06. The highest BCUT2D eigenvalue weighted by molar-refractivity contribution is 9.09. The van der Waals surface area contributed by atoms with E-state index in [0.717, 1.165) is 5.69 Å². The Morgan fingerprint density at radius 2 is 1.86 bits per heavy atom. The zero-order chi connectivity index (χ0) is 15.0. The maximum atomic E-state index is 5.96. The number of para-hydroxylation sites is 1. The molecular weight excluding hydrogens is 328 g/mol. The van der Waals surface area contributed by atoms with E-state index in [0.29, 0.717) is 17.9 Å². The van der Waals surface area contributed by atoms with Crippen LogP contribution in [0.3, 0.4) is 0 Å². The lowest BCUT2D eigenvalue weighted by atomic mass is 9.85. The molecule has 1 aliphatic heterocycles. The van der Waals surface area contributed by atoms with Crippen molar-refractivity contribution in [2.24, 2.45) is 11.8 Å². The first-order valence-electron chi connectivity index (χ1n) is 7.47. The third-order valence-electron chi connectivity index (χ3n) is 4.60. The molecule has 5 unspecified atom stereocenters. The molecule has 1 saturated heterocycles. The van der Waals surface area contributed by atoms with E-state index in [1.54, 1.807) is 0 Å². The van der Waals surface area contributed by atoms with Gasteiger partial charge in [0, 0.05) is 22.5 Å². The number of benzene rings is 1. The Morgan fingerprint density at radius 1 is 1.14 bits per heavy atom. The fourth-order valence-electron chi connectivity index (χ4n) is 3.22. The van der Waals surface area contributed by atoms with Gasteiger partial charge in [-0.2, -0.15) is 5.10 Å². The lowest BCUT2D eigenvalue weighted by molar-refractivity contribution is 0.0511. The second-order valence-electron chi connectivity index (χ2n) is 5.94. The van der Waals surface area contributed by atoms with Crippen LogP contribution < -0.4 is 0 Å². The smallest absolute Gasteiger partial charge is 0.0645 e. The van der Waals surface area contributed by atoms with Gasteiger partial charge in [-0.05, 0) is 31.9 Å². The van der Waals surface area contributed by atoms with Crippen molar-refractivity contribution in [2.75, 3.05) is 0 Å². The monoisotopic (exact) mass is 348 g/mol. The minimum absolute atomic E-state index is 0.263. The normalized spacial score (nSPS) is 30.5. The molecule has 0 amide bonds. The number of nitrogens with zero attached hydrogens (tertiary/aromatic N) is 2. The van der Waals surface area contributed by atoms with E-state index in [9.17, 15) is 0 Å². The predicted molar refractivity (Wildman–Crippen MR) is 87.9 cm³/mol. The van der Waals surface area contributed by atoms with Crippen LogP contribution in [0.15, 0.2) is 42.7 Å². The van der Waals surface area contributed by atoms with Gasteiger partial charge in [0.05, 0.1) is 24.1 Å². The number of alkyl halides is 1. The summed E-state index contributed by atoms with van der Waals surface area (Å²) in [6.07, 6.45) is 4.64. The standard InChI is InChI=1S/C17H21BrN2O/c1-11-12(2)21-13(3)16(11)17(18)14-9-19-20(10-14)15-7-5-4-6-8-15/h4-13,16-17H,1-3H3. The molecule has 4 heteroatoms. The van der Waals surface area contributed by atoms with Crippen molar-refractivity contribution in [2.45, 2.75) is 37.8 Å². The van der Waals surface area contributed by atoms with Crippen molar-refractivity contribution >= 4 is 15.9 Å². The van der Waals surface area contributed by atoms with Crippen LogP contribution in [0.4, 0.5) is 0 Å². The van der Waals surface area contributed by atoms with Crippen molar-refractivity contribution < 1.29 is 4.74 Å². The van der Waals surface area contributed by atoms with Crippen LogP contribution in [0.25, 0.3) is 5.69 Å². The summed E-state index contributed by atoms with van der Waals surface area (Å²) in [5, 5.41) is 4.49. The van der Waals surface area contributed by atoms with E-state index in [-0.39, 0.29) is 10.9 Å². The van der Waals surface area contributed by atoms with Gasteiger partial charge in [0.2, 0.25) is 0 Å². The molecule has 3 rings (SSSR count). The van der Waals surface area contributed by atoms with Crippen LogP contribution in [0.1, 0.15) is 31.2 Å². The second kappa shape index (κ2) is 5.93. The van der Waals surface area contributed by atoms with Crippen LogP contribution in [-0.4, -0.2) is 22.0 Å². The quantitative estimate of drug-likeness (QED) is 0.770. The summed E-state index contributed by atoms with van der Waals surface area (Å²) in [5.41, 5.74) is 2.29. The summed E-state index contributed by atoms with van der Waals surface area (Å²) in [5.74, 6) is 0.998. The first-order valence-corrected chi connectivity index (χ1v) is 8.39. The van der Waals surface area contributed by atoms with Crippen molar-refractivity contribution in [3.63, 3.8) is 0 Å². The zero-order valence-electron chi connectivity index (χ0n) is 12.6. The Hall–Kier alpha value is -1.13. The topological polar surface area (TPSA) is 27.1 Å². The van der Waals surface area contributed by atoms with E-state index in [4.69, 9.17) is 4.74 Å². The molecule has 1 fully saturated rings. The van der Waals surface area contributed by atoms with Gasteiger partial charge in [-0.15, -0.1) is 0 Å². The van der Waals surface area contributed by atoms with E-state index >= 15 is 0 Å². The maximum Gasteiger partial charge on any atom is 0.0645 e. The average molecular weight is 349 g/mol. The minimum Gasteiger partial charge on any atom is -0.375 e. The van der Waals surface area contributed by atoms with E-state index in [2.05, 4.69) is 60.1 Å². The van der Waals surface area contributed by atoms with Gasteiger partial charge in [0.15, 0.2) is 0 Å². The first-order chi connectivity index (χ1) is 10.1. The molecular formula is C17H21BrN2O. The number of hydrogen-bond acceptors (Lipinski definition) is 2. The molecule has 3 nitrogen and oxygen atoms in total. The van der Waals surface area contributed by atoms with Crippen LogP contribution in [0.2, 0.25) is 0 Å². The highest BCUT2D eigenvalue weighted by Crippen LogP contribution is 2.44. The second-order valence-corrected chi connectivity index (χ2v) is 6.92. The van der Waals surface area contributed by atoms with Crippen LogP contribution >= 0.6 is 15.9 Å². The third kappa shape index (κ3) is 2.79. The van der Waals surface area contributed by atoms with Gasteiger partial charge in [0.1, 0.15) is 0 Å². The fourth-order valence-corrected chi connectivity index (χ4v) is 4.37. The number of ether oxygens (including phenoxy) is 1. The Labute approximate surface area is 134 Å². The molecule has 0 N–H and O–H groups in total. The number of halogens is 1. The van der Waals surface area contributed by atoms with Crippen molar-refractivity contribution in [1.29, 1.82) is 0 Å². The zero-order valence-corrected chi connectivity index (χ0v) is 14.2. The summed E-state index contributed by atoms with van der Waals surface area (Å²) in [6.45, 7) is 6.60. The Kier molecular flexibility index (Phi) is 4.18. The van der Waals surface area contributed by atoms with Crippen LogP contribution in [0.5, 0.6) is 0 Å². The van der Waals surface area contributed by atoms with E-state index < -0.39 is 0 Å². The highest BCUT2D eigenvalue weighted by Gasteiger charge is 2.41. The molecule has 21 heavy (non-hydrogen) atoms. The molecule has 1 aromatic carbocycles. The molecule has 2 heterocycles. The lowest BCUT2D eigenvalue weighted by Gasteiger charge is -2.23. The highest BCUT2D eigenvalue weighted by atomic mass is 79.9. The van der Waals surface area contributed by atoms with Crippen molar-refractivity contribution in [1.82, 2.24) is 9.78 Å². The van der Waals surface area contributed by atoms with E-state index in [1.165, 1.54) is 5.56 Å². The van der Waals surface area contributed by atoms with Gasteiger partial charge < -0.3 is 4.74 Å². The van der Waals surface area contributed by atoms with Crippen molar-refractivity contribution in [3.8, 4) is 5.69 Å². The summed E-state index contributed by atoms with van der Waals surface area (Å²) < 4.78 is 7.89. The molecule has 2 aromatic rings. The maximum absolute atomic E-state index is 5.96. The third-order valence-corrected chi connectivity index (χ3v) is 5.74. The molecule has 0 spiro atoms. The first kappa shape index (κ1) is 14.8. The summed E-state index contributed by atoms with van der Waals surface area (Å²) in [4.78, 5) is 0.268. The lowest BCUT2D eigenvalue weighted by Crippen LogP contribution is -2.21. The molecule has 0 bridgehead atoms. The van der Waals surface area contributed by atoms with Crippen LogP contribution in [0, 0.1) is 11.8 Å². The predicted octanol–water partition coefficient (Wildman–Crippen LogP) is 4.37. The Bertz CT molecular complexity index is 598. The number of rotatable bonds is 3. The van der Waals surface area contributed by atoms with E-state index in [1.807, 2.05) is 29.1 Å². The van der Waals surface area contributed by atoms with Gasteiger partial charge in [-0.25, -0.2) is 4.68 Å². The summed E-state index contributed by atoms with van der Waals surface area (Å²) >= 11 is 3.87. The van der Waals surface area contributed by atoms with Crippen molar-refractivity contribution in [3.05, 3.63) is 48.3 Å².